The van der Waals surface area contributed by atoms with Gasteiger partial charge in [0.25, 0.3) is 0 Å². The first kappa shape index (κ1) is 15.0. The molecule has 0 radical (unpaired) electrons. The van der Waals surface area contributed by atoms with E-state index in [9.17, 15) is 26.0 Å². The first-order valence-corrected chi connectivity index (χ1v) is 6.97. The normalized spacial score (nSPS) is 14.3. The van der Waals surface area contributed by atoms with Crippen molar-refractivity contribution in [2.24, 2.45) is 0 Å². The largest absolute Gasteiger partial charge is 0.573 e. The van der Waals surface area contributed by atoms with Crippen LogP contribution in [0, 0.1) is 0 Å². The SMILES string of the molecule is O=S(=O)(Cl)CC(F)c1ccc(OC(F)(F)F)cc1. The first-order chi connectivity index (χ1) is 8.07. The van der Waals surface area contributed by atoms with Gasteiger partial charge in [-0.25, -0.2) is 12.8 Å². The van der Waals surface area contributed by atoms with Crippen LogP contribution < -0.4 is 4.74 Å². The van der Waals surface area contributed by atoms with Crippen LogP contribution in [0.3, 0.4) is 0 Å². The fourth-order valence-electron chi connectivity index (χ4n) is 1.15. The van der Waals surface area contributed by atoms with Crippen molar-refractivity contribution in [2.45, 2.75) is 12.5 Å². The first-order valence-electron chi connectivity index (χ1n) is 4.49. The molecule has 18 heavy (non-hydrogen) atoms. The number of benzene rings is 1. The lowest BCUT2D eigenvalue weighted by atomic mass is 10.1. The van der Waals surface area contributed by atoms with Gasteiger partial charge in [0.15, 0.2) is 0 Å². The number of ether oxygens (including phenoxy) is 1. The van der Waals surface area contributed by atoms with E-state index in [1.54, 1.807) is 0 Å². The molecule has 0 N–H and O–H groups in total. The summed E-state index contributed by atoms with van der Waals surface area (Å²) in [6, 6.07) is 3.76. The summed E-state index contributed by atoms with van der Waals surface area (Å²) in [7, 11) is 0.831. The van der Waals surface area contributed by atoms with Crippen LogP contribution in [0.1, 0.15) is 11.7 Å². The molecule has 0 spiro atoms. The van der Waals surface area contributed by atoms with Crippen LogP contribution in [-0.2, 0) is 9.05 Å². The van der Waals surface area contributed by atoms with E-state index >= 15 is 0 Å². The van der Waals surface area contributed by atoms with E-state index in [-0.39, 0.29) is 5.56 Å². The number of rotatable bonds is 4. The minimum Gasteiger partial charge on any atom is -0.406 e. The molecule has 1 aromatic rings. The Hall–Kier alpha value is -1.02. The van der Waals surface area contributed by atoms with Crippen LogP contribution >= 0.6 is 10.7 Å². The molecule has 1 aromatic carbocycles. The molecule has 1 unspecified atom stereocenters. The third-order valence-electron chi connectivity index (χ3n) is 1.82. The molecule has 3 nitrogen and oxygen atoms in total. The van der Waals surface area contributed by atoms with E-state index in [1.165, 1.54) is 0 Å². The Labute approximate surface area is 105 Å². The highest BCUT2D eigenvalue weighted by Crippen LogP contribution is 2.26. The number of hydrogen-bond acceptors (Lipinski definition) is 3. The summed E-state index contributed by atoms with van der Waals surface area (Å²) in [5, 5.41) is 0. The number of alkyl halides is 4. The van der Waals surface area contributed by atoms with Crippen molar-refractivity contribution < 1.29 is 30.7 Å². The summed E-state index contributed by atoms with van der Waals surface area (Å²) in [5.74, 6) is -1.47. The van der Waals surface area contributed by atoms with Crippen molar-refractivity contribution in [3.63, 3.8) is 0 Å². The van der Waals surface area contributed by atoms with Gasteiger partial charge in [-0.3, -0.25) is 0 Å². The van der Waals surface area contributed by atoms with Gasteiger partial charge in [0.05, 0.1) is 0 Å². The summed E-state index contributed by atoms with van der Waals surface area (Å²) < 4.78 is 73.7. The molecule has 9 heteroatoms. The molecule has 0 saturated carbocycles. The Kier molecular flexibility index (Phi) is 4.44. The van der Waals surface area contributed by atoms with E-state index in [4.69, 9.17) is 10.7 Å². The van der Waals surface area contributed by atoms with Gasteiger partial charge in [-0.15, -0.1) is 13.2 Å². The van der Waals surface area contributed by atoms with Gasteiger partial charge in [-0.2, -0.15) is 0 Å². The quantitative estimate of drug-likeness (QED) is 0.634. The van der Waals surface area contributed by atoms with Crippen LogP contribution in [-0.4, -0.2) is 20.5 Å². The zero-order chi connectivity index (χ0) is 14.0. The Morgan fingerprint density at radius 1 is 1.22 bits per heavy atom. The fourth-order valence-corrected chi connectivity index (χ4v) is 2.02. The second-order valence-corrected chi connectivity index (χ2v) is 6.11. The van der Waals surface area contributed by atoms with Gasteiger partial charge in [-0.05, 0) is 17.7 Å². The van der Waals surface area contributed by atoms with Crippen molar-refractivity contribution in [1.29, 1.82) is 0 Å². The standard InChI is InChI=1S/C9H7ClF4O3S/c10-18(15,16)5-8(11)6-1-3-7(4-2-6)17-9(12,13)14/h1-4,8H,5H2. The van der Waals surface area contributed by atoms with Crippen LogP contribution in [0.15, 0.2) is 24.3 Å². The molecule has 0 fully saturated rings. The van der Waals surface area contributed by atoms with Gasteiger partial charge < -0.3 is 4.74 Å². The Morgan fingerprint density at radius 3 is 2.11 bits per heavy atom. The monoisotopic (exact) mass is 306 g/mol. The maximum atomic E-state index is 13.4. The molecule has 1 rings (SSSR count). The minimum atomic E-state index is -4.84. The van der Waals surface area contributed by atoms with Gasteiger partial charge in [0, 0.05) is 10.7 Å². The second-order valence-electron chi connectivity index (χ2n) is 3.29. The third-order valence-corrected chi connectivity index (χ3v) is 2.89. The molecule has 0 aliphatic rings. The lowest BCUT2D eigenvalue weighted by Gasteiger charge is -2.10. The highest BCUT2D eigenvalue weighted by molar-refractivity contribution is 8.13. The van der Waals surface area contributed by atoms with Crippen molar-refractivity contribution in [3.05, 3.63) is 29.8 Å². The highest BCUT2D eigenvalue weighted by Gasteiger charge is 2.31. The van der Waals surface area contributed by atoms with E-state index < -0.39 is 33.1 Å². The van der Waals surface area contributed by atoms with E-state index in [1.807, 2.05) is 0 Å². The van der Waals surface area contributed by atoms with E-state index in [0.717, 1.165) is 24.3 Å². The Bertz CT molecular complexity index is 498. The predicted molar refractivity (Wildman–Crippen MR) is 56.6 cm³/mol. The second kappa shape index (κ2) is 5.31. The van der Waals surface area contributed by atoms with Crippen LogP contribution in [0.25, 0.3) is 0 Å². The smallest absolute Gasteiger partial charge is 0.406 e. The summed E-state index contributed by atoms with van der Waals surface area (Å²) >= 11 is 0. The topological polar surface area (TPSA) is 43.4 Å². The third kappa shape index (κ3) is 5.54. The average Bonchev–Trinajstić information content (AvgIpc) is 2.13. The van der Waals surface area contributed by atoms with Crippen LogP contribution in [0.2, 0.25) is 0 Å². The Morgan fingerprint density at radius 2 is 1.72 bits per heavy atom. The van der Waals surface area contributed by atoms with E-state index in [0.29, 0.717) is 0 Å². The number of halogens is 5. The minimum absolute atomic E-state index is 0.103. The molecule has 0 aliphatic carbocycles. The summed E-state index contributed by atoms with van der Waals surface area (Å²) in [6.07, 6.45) is -6.75. The molecule has 1 atom stereocenters. The molecular formula is C9H7ClF4O3S. The molecule has 0 heterocycles. The van der Waals surface area contributed by atoms with Gasteiger partial charge in [0.2, 0.25) is 9.05 Å². The van der Waals surface area contributed by atoms with Crippen LogP contribution in [0.4, 0.5) is 17.6 Å². The van der Waals surface area contributed by atoms with Gasteiger partial charge in [-0.1, -0.05) is 12.1 Å². The lowest BCUT2D eigenvalue weighted by Crippen LogP contribution is -2.17. The Balaban J connectivity index is 2.77. The summed E-state index contributed by atoms with van der Waals surface area (Å²) in [5.41, 5.74) is -0.103. The lowest BCUT2D eigenvalue weighted by molar-refractivity contribution is -0.274. The van der Waals surface area contributed by atoms with Crippen molar-refractivity contribution in [3.8, 4) is 5.75 Å². The van der Waals surface area contributed by atoms with Gasteiger partial charge >= 0.3 is 6.36 Å². The molecule has 0 amide bonds. The number of hydrogen-bond donors (Lipinski definition) is 0. The predicted octanol–water partition coefficient (Wildman–Crippen LogP) is 3.16. The maximum absolute atomic E-state index is 13.4. The fraction of sp³-hybridized carbons (Fsp3) is 0.333. The molecular weight excluding hydrogens is 300 g/mol. The molecule has 0 aliphatic heterocycles. The van der Waals surface area contributed by atoms with Crippen molar-refractivity contribution in [2.75, 3.05) is 5.75 Å². The molecule has 0 aromatic heterocycles. The summed E-state index contributed by atoms with van der Waals surface area (Å²) in [4.78, 5) is 0. The van der Waals surface area contributed by atoms with E-state index in [2.05, 4.69) is 4.74 Å². The van der Waals surface area contributed by atoms with Crippen molar-refractivity contribution in [1.82, 2.24) is 0 Å². The van der Waals surface area contributed by atoms with Gasteiger partial charge in [0.1, 0.15) is 17.7 Å². The molecule has 0 bridgehead atoms. The highest BCUT2D eigenvalue weighted by atomic mass is 35.7. The van der Waals surface area contributed by atoms with Crippen LogP contribution in [0.5, 0.6) is 5.75 Å². The zero-order valence-corrected chi connectivity index (χ0v) is 10.2. The molecule has 0 saturated heterocycles. The zero-order valence-electron chi connectivity index (χ0n) is 8.62. The summed E-state index contributed by atoms with van der Waals surface area (Å²) in [6.45, 7) is 0. The average molecular weight is 307 g/mol. The van der Waals surface area contributed by atoms with Crippen molar-refractivity contribution >= 4 is 19.7 Å². The molecule has 102 valence electrons. The maximum Gasteiger partial charge on any atom is 0.573 e.